The summed E-state index contributed by atoms with van der Waals surface area (Å²) in [7, 11) is 3.53. The minimum atomic E-state index is 0.192. The highest BCUT2D eigenvalue weighted by Crippen LogP contribution is 2.27. The van der Waals surface area contributed by atoms with Gasteiger partial charge in [-0.15, -0.1) is 0 Å². The topological polar surface area (TPSA) is 54.4 Å². The van der Waals surface area contributed by atoms with Gasteiger partial charge >= 0.3 is 0 Å². The number of methoxy groups -OCH3 is 1. The van der Waals surface area contributed by atoms with Crippen LogP contribution in [-0.4, -0.2) is 36.1 Å². The van der Waals surface area contributed by atoms with E-state index in [1.807, 2.05) is 32.2 Å². The molecule has 20 heavy (non-hydrogen) atoms. The molecule has 0 fully saturated rings. The van der Waals surface area contributed by atoms with E-state index >= 15 is 0 Å². The van der Waals surface area contributed by atoms with Crippen LogP contribution in [0.5, 0.6) is 5.75 Å². The highest BCUT2D eigenvalue weighted by Gasteiger charge is 2.09. The zero-order valence-electron chi connectivity index (χ0n) is 12.0. The lowest BCUT2D eigenvalue weighted by Gasteiger charge is -2.12. The van der Waals surface area contributed by atoms with Crippen LogP contribution < -0.4 is 10.1 Å². The summed E-state index contributed by atoms with van der Waals surface area (Å²) in [5, 5.41) is 13.6. The Morgan fingerprint density at radius 1 is 1.40 bits per heavy atom. The van der Waals surface area contributed by atoms with E-state index < -0.39 is 0 Å². The third-order valence-corrected chi connectivity index (χ3v) is 4.32. The average Bonchev–Trinajstić information content (AvgIpc) is 2.50. The number of ether oxygens (including phenoxy) is 1. The molecule has 1 heterocycles. The van der Waals surface area contributed by atoms with Gasteiger partial charge in [-0.3, -0.25) is 0 Å². The first-order valence-electron chi connectivity index (χ1n) is 6.55. The van der Waals surface area contributed by atoms with Gasteiger partial charge in [-0.1, -0.05) is 6.92 Å². The van der Waals surface area contributed by atoms with Crippen molar-refractivity contribution in [2.24, 2.45) is 0 Å². The molecule has 0 radical (unpaired) electrons. The molecule has 2 rings (SSSR count). The van der Waals surface area contributed by atoms with Gasteiger partial charge in [0.2, 0.25) is 0 Å². The number of nitrogens with zero attached hydrogens (tertiary/aromatic N) is 1. The predicted octanol–water partition coefficient (Wildman–Crippen LogP) is 2.90. The molecule has 0 amide bonds. The smallest absolute Gasteiger partial charge is 0.130 e. The van der Waals surface area contributed by atoms with Gasteiger partial charge in [0.1, 0.15) is 11.6 Å². The number of hydrogen-bond acceptors (Lipinski definition) is 5. The van der Waals surface area contributed by atoms with Crippen molar-refractivity contribution < 1.29 is 9.84 Å². The Morgan fingerprint density at radius 3 is 2.85 bits per heavy atom. The van der Waals surface area contributed by atoms with Crippen molar-refractivity contribution in [3.05, 3.63) is 29.8 Å². The molecule has 4 nitrogen and oxygen atoms in total. The molecule has 0 saturated carbocycles. The number of aromatic nitrogens is 1. The van der Waals surface area contributed by atoms with Gasteiger partial charge in [0, 0.05) is 35.1 Å². The molecule has 0 spiro atoms. The second-order valence-corrected chi connectivity index (χ2v) is 6.04. The summed E-state index contributed by atoms with van der Waals surface area (Å²) in [6.45, 7) is 2.21. The highest BCUT2D eigenvalue weighted by atomic mass is 32.2. The van der Waals surface area contributed by atoms with Gasteiger partial charge in [0.25, 0.3) is 0 Å². The van der Waals surface area contributed by atoms with Crippen LogP contribution in [0.4, 0.5) is 5.82 Å². The lowest BCUT2D eigenvalue weighted by Crippen LogP contribution is -2.04. The van der Waals surface area contributed by atoms with Gasteiger partial charge in [0.05, 0.1) is 19.2 Å². The standard InChI is InChI=1S/C15H20N2O2S/c1-10(8-18)20-9-12-6-11-4-5-13(19-3)7-14(11)17-15(12)16-2/h4-7,10,18H,8-9H2,1-3H3,(H,16,17). The third kappa shape index (κ3) is 3.35. The number of thioether (sulfide) groups is 1. The number of aliphatic hydroxyl groups is 1. The quantitative estimate of drug-likeness (QED) is 0.857. The lowest BCUT2D eigenvalue weighted by molar-refractivity contribution is 0.300. The fraction of sp³-hybridized carbons (Fsp3) is 0.400. The van der Waals surface area contributed by atoms with Crippen LogP contribution in [0.3, 0.4) is 0 Å². The van der Waals surface area contributed by atoms with Crippen molar-refractivity contribution in [2.45, 2.75) is 17.9 Å². The Bertz CT molecular complexity index is 589. The molecule has 108 valence electrons. The fourth-order valence-electron chi connectivity index (χ4n) is 1.93. The normalized spacial score (nSPS) is 12.4. The Balaban J connectivity index is 2.34. The average molecular weight is 292 g/mol. The van der Waals surface area contributed by atoms with E-state index in [0.717, 1.165) is 33.8 Å². The molecule has 1 unspecified atom stereocenters. The van der Waals surface area contributed by atoms with Gasteiger partial charge in [-0.2, -0.15) is 11.8 Å². The second kappa shape index (κ2) is 6.81. The second-order valence-electron chi connectivity index (χ2n) is 4.61. The van der Waals surface area contributed by atoms with Crippen molar-refractivity contribution in [3.63, 3.8) is 0 Å². The Morgan fingerprint density at radius 2 is 2.20 bits per heavy atom. The van der Waals surface area contributed by atoms with Crippen molar-refractivity contribution in [1.82, 2.24) is 4.98 Å². The zero-order valence-corrected chi connectivity index (χ0v) is 12.8. The van der Waals surface area contributed by atoms with Crippen molar-refractivity contribution in [3.8, 4) is 5.75 Å². The van der Waals surface area contributed by atoms with Crippen LogP contribution in [0.15, 0.2) is 24.3 Å². The molecule has 5 heteroatoms. The summed E-state index contributed by atoms with van der Waals surface area (Å²) < 4.78 is 5.23. The molecule has 1 aromatic carbocycles. The summed E-state index contributed by atoms with van der Waals surface area (Å²) in [4.78, 5) is 4.64. The number of anilines is 1. The maximum absolute atomic E-state index is 9.10. The van der Waals surface area contributed by atoms with Crippen LogP contribution >= 0.6 is 11.8 Å². The summed E-state index contributed by atoms with van der Waals surface area (Å²) in [6.07, 6.45) is 0. The van der Waals surface area contributed by atoms with Crippen LogP contribution in [0, 0.1) is 0 Å². The minimum absolute atomic E-state index is 0.192. The summed E-state index contributed by atoms with van der Waals surface area (Å²) >= 11 is 1.72. The summed E-state index contributed by atoms with van der Waals surface area (Å²) in [5.41, 5.74) is 2.06. The van der Waals surface area contributed by atoms with Crippen molar-refractivity contribution >= 4 is 28.5 Å². The SMILES string of the molecule is CNc1nc2cc(OC)ccc2cc1CSC(C)CO. The van der Waals surface area contributed by atoms with E-state index in [-0.39, 0.29) is 11.9 Å². The van der Waals surface area contributed by atoms with Crippen LogP contribution in [0.2, 0.25) is 0 Å². The number of benzene rings is 1. The molecular formula is C15H20N2O2S. The molecule has 2 aromatic rings. The van der Waals surface area contributed by atoms with E-state index in [9.17, 15) is 0 Å². The zero-order chi connectivity index (χ0) is 14.5. The monoisotopic (exact) mass is 292 g/mol. The number of aliphatic hydroxyl groups excluding tert-OH is 1. The van der Waals surface area contributed by atoms with Crippen LogP contribution in [-0.2, 0) is 5.75 Å². The molecule has 0 saturated heterocycles. The van der Waals surface area contributed by atoms with Gasteiger partial charge in [-0.05, 0) is 18.2 Å². The molecule has 0 aliphatic heterocycles. The summed E-state index contributed by atoms with van der Waals surface area (Å²) in [5.74, 6) is 2.51. The van der Waals surface area contributed by atoms with E-state index in [4.69, 9.17) is 9.84 Å². The Kier molecular flexibility index (Phi) is 5.09. The molecule has 1 atom stereocenters. The number of rotatable bonds is 6. The molecule has 0 bridgehead atoms. The first-order chi connectivity index (χ1) is 9.67. The van der Waals surface area contributed by atoms with Crippen LogP contribution in [0.25, 0.3) is 10.9 Å². The third-order valence-electron chi connectivity index (χ3n) is 3.12. The summed E-state index contributed by atoms with van der Waals surface area (Å²) in [6, 6.07) is 8.04. The maximum atomic E-state index is 9.10. The fourth-order valence-corrected chi connectivity index (χ4v) is 2.72. The largest absolute Gasteiger partial charge is 0.497 e. The van der Waals surface area contributed by atoms with E-state index in [0.29, 0.717) is 0 Å². The Hall–Kier alpha value is -1.46. The van der Waals surface area contributed by atoms with E-state index in [2.05, 4.69) is 16.4 Å². The number of fused-ring (bicyclic) bond motifs is 1. The molecule has 0 aliphatic carbocycles. The van der Waals surface area contributed by atoms with Crippen molar-refractivity contribution in [1.29, 1.82) is 0 Å². The van der Waals surface area contributed by atoms with Crippen molar-refractivity contribution in [2.75, 3.05) is 26.1 Å². The van der Waals surface area contributed by atoms with Crippen LogP contribution in [0.1, 0.15) is 12.5 Å². The first-order valence-corrected chi connectivity index (χ1v) is 7.60. The van der Waals surface area contributed by atoms with Gasteiger partial charge < -0.3 is 15.2 Å². The van der Waals surface area contributed by atoms with E-state index in [1.165, 1.54) is 0 Å². The number of hydrogen-bond donors (Lipinski definition) is 2. The predicted molar refractivity (Wildman–Crippen MR) is 85.7 cm³/mol. The maximum Gasteiger partial charge on any atom is 0.130 e. The van der Waals surface area contributed by atoms with E-state index in [1.54, 1.807) is 18.9 Å². The Labute approximate surface area is 123 Å². The van der Waals surface area contributed by atoms with Gasteiger partial charge in [0.15, 0.2) is 0 Å². The minimum Gasteiger partial charge on any atom is -0.497 e. The highest BCUT2D eigenvalue weighted by molar-refractivity contribution is 7.99. The first kappa shape index (κ1) is 14.9. The molecule has 1 aromatic heterocycles. The number of nitrogens with one attached hydrogen (secondary N) is 1. The molecular weight excluding hydrogens is 272 g/mol. The molecule has 0 aliphatic rings. The van der Waals surface area contributed by atoms with Gasteiger partial charge in [-0.25, -0.2) is 4.98 Å². The lowest BCUT2D eigenvalue weighted by atomic mass is 10.1. The number of pyridine rings is 1. The molecule has 2 N–H and O–H groups in total.